The quantitative estimate of drug-likeness (QED) is 0.467. The van der Waals surface area contributed by atoms with E-state index in [-0.39, 0.29) is 5.78 Å². The summed E-state index contributed by atoms with van der Waals surface area (Å²) in [4.78, 5) is 26.2. The SMILES string of the molecule is CC(=O)C1C(=O)Oc2cccnc21. The van der Waals surface area contributed by atoms with Crippen LogP contribution in [0.1, 0.15) is 18.5 Å². The second-order valence-electron chi connectivity index (χ2n) is 2.85. The zero-order valence-corrected chi connectivity index (χ0v) is 6.98. The van der Waals surface area contributed by atoms with Crippen LogP contribution in [-0.4, -0.2) is 16.7 Å². The van der Waals surface area contributed by atoms with E-state index in [1.165, 1.54) is 13.1 Å². The number of ether oxygens (including phenoxy) is 1. The zero-order valence-electron chi connectivity index (χ0n) is 6.98. The topological polar surface area (TPSA) is 56.3 Å². The molecule has 2 heterocycles. The zero-order chi connectivity index (χ0) is 9.42. The smallest absolute Gasteiger partial charge is 0.328 e. The van der Waals surface area contributed by atoms with E-state index < -0.39 is 11.9 Å². The van der Waals surface area contributed by atoms with Crippen molar-refractivity contribution in [2.75, 3.05) is 0 Å². The monoisotopic (exact) mass is 177 g/mol. The minimum Gasteiger partial charge on any atom is -0.424 e. The summed E-state index contributed by atoms with van der Waals surface area (Å²) < 4.78 is 4.86. The Morgan fingerprint density at radius 1 is 1.62 bits per heavy atom. The number of pyridine rings is 1. The molecule has 0 bridgehead atoms. The van der Waals surface area contributed by atoms with Gasteiger partial charge in [-0.2, -0.15) is 0 Å². The number of Topliss-reactive ketones (excluding diaryl/α,β-unsaturated/α-hetero) is 1. The molecular weight excluding hydrogens is 170 g/mol. The van der Waals surface area contributed by atoms with Gasteiger partial charge in [-0.25, -0.2) is 0 Å². The molecule has 0 saturated heterocycles. The van der Waals surface area contributed by atoms with Crippen LogP contribution in [0.25, 0.3) is 0 Å². The van der Waals surface area contributed by atoms with E-state index in [9.17, 15) is 9.59 Å². The Labute approximate surface area is 74.5 Å². The number of carbonyl (C=O) groups is 2. The van der Waals surface area contributed by atoms with E-state index >= 15 is 0 Å². The summed E-state index contributed by atoms with van der Waals surface area (Å²) in [7, 11) is 0. The van der Waals surface area contributed by atoms with Gasteiger partial charge in [-0.05, 0) is 19.1 Å². The third kappa shape index (κ3) is 1.11. The summed E-state index contributed by atoms with van der Waals surface area (Å²) in [6.07, 6.45) is 1.54. The Morgan fingerprint density at radius 3 is 3.08 bits per heavy atom. The minimum absolute atomic E-state index is 0.234. The Morgan fingerprint density at radius 2 is 2.38 bits per heavy atom. The fraction of sp³-hybridized carbons (Fsp3) is 0.222. The number of ketones is 1. The van der Waals surface area contributed by atoms with Gasteiger partial charge in [0.2, 0.25) is 0 Å². The number of fused-ring (bicyclic) bond motifs is 1. The number of rotatable bonds is 1. The third-order valence-electron chi connectivity index (χ3n) is 1.93. The first-order valence-corrected chi connectivity index (χ1v) is 3.87. The minimum atomic E-state index is -0.823. The summed E-state index contributed by atoms with van der Waals surface area (Å²) in [5.74, 6) is -1.19. The van der Waals surface area contributed by atoms with Gasteiger partial charge in [0.15, 0.2) is 11.7 Å². The van der Waals surface area contributed by atoms with Crippen LogP contribution in [0.15, 0.2) is 18.3 Å². The molecule has 0 amide bonds. The average molecular weight is 177 g/mol. The van der Waals surface area contributed by atoms with Crippen molar-refractivity contribution in [3.8, 4) is 5.75 Å². The molecule has 0 aromatic carbocycles. The molecule has 4 heteroatoms. The first-order valence-electron chi connectivity index (χ1n) is 3.87. The van der Waals surface area contributed by atoms with Crippen LogP contribution >= 0.6 is 0 Å². The van der Waals surface area contributed by atoms with Crippen molar-refractivity contribution < 1.29 is 14.3 Å². The van der Waals surface area contributed by atoms with Crippen molar-refractivity contribution in [1.29, 1.82) is 0 Å². The van der Waals surface area contributed by atoms with Gasteiger partial charge < -0.3 is 4.74 Å². The molecule has 1 aliphatic heterocycles. The highest BCUT2D eigenvalue weighted by molar-refractivity contribution is 6.06. The molecule has 4 nitrogen and oxygen atoms in total. The van der Waals surface area contributed by atoms with E-state index in [2.05, 4.69) is 4.98 Å². The van der Waals surface area contributed by atoms with Crippen LogP contribution in [0.4, 0.5) is 0 Å². The number of aromatic nitrogens is 1. The van der Waals surface area contributed by atoms with Gasteiger partial charge in [0.05, 0.1) is 0 Å². The van der Waals surface area contributed by atoms with Gasteiger partial charge in [-0.3, -0.25) is 14.6 Å². The summed E-state index contributed by atoms with van der Waals surface area (Å²) in [6, 6.07) is 3.29. The summed E-state index contributed by atoms with van der Waals surface area (Å²) in [5.41, 5.74) is 0.431. The number of hydrogen-bond acceptors (Lipinski definition) is 4. The van der Waals surface area contributed by atoms with Gasteiger partial charge in [-0.15, -0.1) is 0 Å². The first kappa shape index (κ1) is 7.91. The predicted octanol–water partition coefficient (Wildman–Crippen LogP) is 0.673. The van der Waals surface area contributed by atoms with Crippen molar-refractivity contribution in [2.45, 2.75) is 12.8 Å². The molecule has 1 aromatic rings. The molecule has 2 rings (SSSR count). The maximum absolute atomic E-state index is 11.2. The van der Waals surface area contributed by atoms with Gasteiger partial charge in [0.25, 0.3) is 0 Å². The molecule has 0 N–H and O–H groups in total. The molecular formula is C9H7NO3. The fourth-order valence-corrected chi connectivity index (χ4v) is 1.34. The Hall–Kier alpha value is -1.71. The summed E-state index contributed by atoms with van der Waals surface area (Å²) >= 11 is 0. The lowest BCUT2D eigenvalue weighted by Crippen LogP contribution is -2.17. The molecule has 66 valence electrons. The Bertz CT molecular complexity index is 386. The standard InChI is InChI=1S/C9H7NO3/c1-5(11)7-8-6(13-9(7)12)3-2-4-10-8/h2-4,7H,1H3. The lowest BCUT2D eigenvalue weighted by atomic mass is 10.0. The van der Waals surface area contributed by atoms with Crippen LogP contribution in [0.5, 0.6) is 5.75 Å². The van der Waals surface area contributed by atoms with Gasteiger partial charge in [-0.1, -0.05) is 0 Å². The summed E-state index contributed by atoms with van der Waals surface area (Å²) in [6.45, 7) is 1.36. The second kappa shape index (κ2) is 2.65. The number of carbonyl (C=O) groups excluding carboxylic acids is 2. The van der Waals surface area contributed by atoms with Crippen molar-refractivity contribution in [2.24, 2.45) is 0 Å². The van der Waals surface area contributed by atoms with Crippen LogP contribution < -0.4 is 4.74 Å². The molecule has 0 spiro atoms. The Kier molecular flexibility index (Phi) is 1.62. The highest BCUT2D eigenvalue weighted by Crippen LogP contribution is 2.32. The van der Waals surface area contributed by atoms with Crippen molar-refractivity contribution >= 4 is 11.8 Å². The Balaban J connectivity index is 2.52. The fourth-order valence-electron chi connectivity index (χ4n) is 1.34. The van der Waals surface area contributed by atoms with Crippen LogP contribution in [-0.2, 0) is 9.59 Å². The van der Waals surface area contributed by atoms with E-state index in [0.717, 1.165) is 0 Å². The van der Waals surface area contributed by atoms with Crippen LogP contribution in [0.3, 0.4) is 0 Å². The second-order valence-corrected chi connectivity index (χ2v) is 2.85. The number of esters is 1. The molecule has 1 aromatic heterocycles. The number of hydrogen-bond donors (Lipinski definition) is 0. The number of nitrogens with zero attached hydrogens (tertiary/aromatic N) is 1. The highest BCUT2D eigenvalue weighted by Gasteiger charge is 2.37. The maximum atomic E-state index is 11.2. The van der Waals surface area contributed by atoms with Crippen LogP contribution in [0, 0.1) is 0 Å². The van der Waals surface area contributed by atoms with E-state index in [1.807, 2.05) is 0 Å². The molecule has 0 radical (unpaired) electrons. The van der Waals surface area contributed by atoms with Crippen molar-refractivity contribution in [1.82, 2.24) is 4.98 Å². The van der Waals surface area contributed by atoms with E-state index in [1.54, 1.807) is 12.1 Å². The normalized spacial score (nSPS) is 19.5. The molecule has 0 saturated carbocycles. The van der Waals surface area contributed by atoms with Crippen molar-refractivity contribution in [3.63, 3.8) is 0 Å². The molecule has 13 heavy (non-hydrogen) atoms. The molecule has 0 aliphatic carbocycles. The van der Waals surface area contributed by atoms with Gasteiger partial charge >= 0.3 is 5.97 Å². The predicted molar refractivity (Wildman–Crippen MR) is 43.3 cm³/mol. The maximum Gasteiger partial charge on any atom is 0.328 e. The van der Waals surface area contributed by atoms with Crippen LogP contribution in [0.2, 0.25) is 0 Å². The van der Waals surface area contributed by atoms with Crippen molar-refractivity contribution in [3.05, 3.63) is 24.0 Å². The highest BCUT2D eigenvalue weighted by atomic mass is 16.5. The summed E-state index contributed by atoms with van der Waals surface area (Å²) in [5, 5.41) is 0. The molecule has 1 atom stereocenters. The average Bonchev–Trinajstić information content (AvgIpc) is 2.39. The third-order valence-corrected chi connectivity index (χ3v) is 1.93. The molecule has 1 unspecified atom stereocenters. The molecule has 0 fully saturated rings. The van der Waals surface area contributed by atoms with E-state index in [4.69, 9.17) is 4.74 Å². The van der Waals surface area contributed by atoms with E-state index in [0.29, 0.717) is 11.4 Å². The lowest BCUT2D eigenvalue weighted by Gasteiger charge is -1.98. The van der Waals surface area contributed by atoms with Gasteiger partial charge in [0, 0.05) is 6.20 Å². The largest absolute Gasteiger partial charge is 0.424 e. The molecule has 1 aliphatic rings. The first-order chi connectivity index (χ1) is 6.20. The van der Waals surface area contributed by atoms with Gasteiger partial charge in [0.1, 0.15) is 11.5 Å². The lowest BCUT2D eigenvalue weighted by molar-refractivity contribution is -0.137.